The molecule has 2 fully saturated rings. The highest BCUT2D eigenvalue weighted by molar-refractivity contribution is 7.89. The van der Waals surface area contributed by atoms with Gasteiger partial charge in [0.2, 0.25) is 10.0 Å². The Kier molecular flexibility index (Phi) is 7.06. The summed E-state index contributed by atoms with van der Waals surface area (Å²) in [5.74, 6) is 0.728. The SMILES string of the molecule is COc1ccc(S(=O)(=O)N2CCN(C(=O)c3ccc(N4CCOCC4)cc3)CC2)cc1OC. The second kappa shape index (κ2) is 9.98. The summed E-state index contributed by atoms with van der Waals surface area (Å²) < 4.78 is 43.4. The number of sulfonamides is 1. The molecule has 0 saturated carbocycles. The van der Waals surface area contributed by atoms with Gasteiger partial charge in [-0.15, -0.1) is 0 Å². The van der Waals surface area contributed by atoms with Gasteiger partial charge in [-0.25, -0.2) is 8.42 Å². The average Bonchev–Trinajstić information content (AvgIpc) is 2.88. The molecular formula is C23H29N3O6S. The van der Waals surface area contributed by atoms with Gasteiger partial charge in [-0.3, -0.25) is 4.79 Å². The average molecular weight is 476 g/mol. The van der Waals surface area contributed by atoms with Gasteiger partial charge in [-0.1, -0.05) is 0 Å². The summed E-state index contributed by atoms with van der Waals surface area (Å²) >= 11 is 0. The first-order valence-corrected chi connectivity index (χ1v) is 12.3. The van der Waals surface area contributed by atoms with Crippen LogP contribution in [0.1, 0.15) is 10.4 Å². The summed E-state index contributed by atoms with van der Waals surface area (Å²) in [6, 6.07) is 12.1. The Hall–Kier alpha value is -2.82. The molecule has 10 heteroatoms. The minimum atomic E-state index is -3.71. The zero-order valence-electron chi connectivity index (χ0n) is 18.9. The van der Waals surface area contributed by atoms with Crippen molar-refractivity contribution in [1.29, 1.82) is 0 Å². The van der Waals surface area contributed by atoms with Crippen LogP contribution >= 0.6 is 0 Å². The van der Waals surface area contributed by atoms with Crippen molar-refractivity contribution in [3.63, 3.8) is 0 Å². The normalized spacial score (nSPS) is 17.6. The fraction of sp³-hybridized carbons (Fsp3) is 0.435. The number of carbonyl (C=O) groups is 1. The van der Waals surface area contributed by atoms with Crippen LogP contribution in [-0.2, 0) is 14.8 Å². The van der Waals surface area contributed by atoms with E-state index in [1.165, 1.54) is 30.7 Å². The molecule has 0 aliphatic carbocycles. The molecule has 1 amide bonds. The quantitative estimate of drug-likeness (QED) is 0.628. The standard InChI is InChI=1S/C23H29N3O6S/c1-30-21-8-7-20(17-22(21)31-2)33(28,29)26-11-9-25(10-12-26)23(27)18-3-5-19(6-4-18)24-13-15-32-16-14-24/h3-8,17H,9-16H2,1-2H3. The summed E-state index contributed by atoms with van der Waals surface area (Å²) in [7, 11) is -0.745. The molecule has 0 atom stereocenters. The number of hydrogen-bond acceptors (Lipinski definition) is 7. The van der Waals surface area contributed by atoms with Gasteiger partial charge in [0.25, 0.3) is 5.91 Å². The fourth-order valence-corrected chi connectivity index (χ4v) is 5.51. The van der Waals surface area contributed by atoms with E-state index in [2.05, 4.69) is 4.90 Å². The van der Waals surface area contributed by atoms with Gasteiger partial charge in [0.1, 0.15) is 0 Å². The van der Waals surface area contributed by atoms with Crippen molar-refractivity contribution >= 4 is 21.6 Å². The lowest BCUT2D eigenvalue weighted by atomic mass is 10.1. The predicted molar refractivity (Wildman–Crippen MR) is 124 cm³/mol. The van der Waals surface area contributed by atoms with Crippen LogP contribution in [0.5, 0.6) is 11.5 Å². The van der Waals surface area contributed by atoms with Crippen molar-refractivity contribution in [2.75, 3.05) is 71.6 Å². The Labute approximate surface area is 194 Å². The smallest absolute Gasteiger partial charge is 0.253 e. The van der Waals surface area contributed by atoms with Crippen LogP contribution < -0.4 is 14.4 Å². The van der Waals surface area contributed by atoms with Gasteiger partial charge < -0.3 is 24.0 Å². The molecule has 0 unspecified atom stereocenters. The van der Waals surface area contributed by atoms with Gasteiger partial charge in [-0.2, -0.15) is 4.31 Å². The molecule has 0 radical (unpaired) electrons. The first-order chi connectivity index (χ1) is 15.9. The topological polar surface area (TPSA) is 88.6 Å². The van der Waals surface area contributed by atoms with Crippen LogP contribution in [0.4, 0.5) is 5.69 Å². The minimum absolute atomic E-state index is 0.0910. The Morgan fingerprint density at radius 2 is 1.48 bits per heavy atom. The van der Waals surface area contributed by atoms with Gasteiger partial charge in [-0.05, 0) is 36.4 Å². The monoisotopic (exact) mass is 475 g/mol. The maximum Gasteiger partial charge on any atom is 0.253 e. The summed E-state index contributed by atoms with van der Waals surface area (Å²) in [4.78, 5) is 17.0. The van der Waals surface area contributed by atoms with Crippen LogP contribution in [0, 0.1) is 0 Å². The number of morpholine rings is 1. The molecule has 0 N–H and O–H groups in total. The lowest BCUT2D eigenvalue weighted by Gasteiger charge is -2.34. The first-order valence-electron chi connectivity index (χ1n) is 10.9. The largest absolute Gasteiger partial charge is 0.493 e. The Morgan fingerprint density at radius 3 is 2.09 bits per heavy atom. The number of ether oxygens (including phenoxy) is 3. The van der Waals surface area contributed by atoms with Gasteiger partial charge in [0, 0.05) is 56.6 Å². The van der Waals surface area contributed by atoms with Crippen LogP contribution in [0.15, 0.2) is 47.4 Å². The van der Waals surface area contributed by atoms with E-state index in [4.69, 9.17) is 14.2 Å². The Bertz CT molecular complexity index is 1080. The molecule has 0 bridgehead atoms. The lowest BCUT2D eigenvalue weighted by molar-refractivity contribution is 0.0698. The van der Waals surface area contributed by atoms with Gasteiger partial charge >= 0.3 is 0 Å². The zero-order chi connectivity index (χ0) is 23.4. The number of amides is 1. The maximum absolute atomic E-state index is 13.1. The molecule has 2 aromatic rings. The summed E-state index contributed by atoms with van der Waals surface area (Å²) in [5, 5.41) is 0. The van der Waals surface area contributed by atoms with Crippen molar-refractivity contribution in [1.82, 2.24) is 9.21 Å². The molecule has 0 spiro atoms. The molecule has 2 aliphatic heterocycles. The van der Waals surface area contributed by atoms with Crippen molar-refractivity contribution in [3.8, 4) is 11.5 Å². The van der Waals surface area contributed by atoms with Crippen LogP contribution in [0.3, 0.4) is 0 Å². The molecule has 2 saturated heterocycles. The molecule has 0 aromatic heterocycles. The van der Waals surface area contributed by atoms with E-state index in [9.17, 15) is 13.2 Å². The van der Waals surface area contributed by atoms with Gasteiger partial charge in [0.05, 0.1) is 32.3 Å². The highest BCUT2D eigenvalue weighted by Gasteiger charge is 2.31. The second-order valence-electron chi connectivity index (χ2n) is 7.86. The van der Waals surface area contributed by atoms with Crippen molar-refractivity contribution < 1.29 is 27.4 Å². The third-order valence-electron chi connectivity index (χ3n) is 6.01. The molecule has 4 rings (SSSR count). The molecule has 33 heavy (non-hydrogen) atoms. The first kappa shape index (κ1) is 23.3. The van der Waals surface area contributed by atoms with E-state index in [1.54, 1.807) is 11.0 Å². The van der Waals surface area contributed by atoms with E-state index in [-0.39, 0.29) is 23.9 Å². The number of methoxy groups -OCH3 is 2. The van der Waals surface area contributed by atoms with E-state index < -0.39 is 10.0 Å². The fourth-order valence-electron chi connectivity index (χ4n) is 4.08. The highest BCUT2D eigenvalue weighted by atomic mass is 32.2. The summed E-state index contributed by atoms with van der Waals surface area (Å²) in [5.41, 5.74) is 1.67. The zero-order valence-corrected chi connectivity index (χ0v) is 19.7. The maximum atomic E-state index is 13.1. The molecule has 2 aliphatic rings. The number of carbonyl (C=O) groups excluding carboxylic acids is 1. The highest BCUT2D eigenvalue weighted by Crippen LogP contribution is 2.31. The van der Waals surface area contributed by atoms with Crippen LogP contribution in [-0.4, -0.2) is 90.2 Å². The number of rotatable bonds is 6. The summed E-state index contributed by atoms with van der Waals surface area (Å²) in [6.07, 6.45) is 0. The number of nitrogens with zero attached hydrogens (tertiary/aromatic N) is 3. The van der Waals surface area contributed by atoms with E-state index in [1.807, 2.05) is 24.3 Å². The molecule has 178 valence electrons. The Balaban J connectivity index is 1.39. The van der Waals surface area contributed by atoms with E-state index in [0.717, 1.165) is 18.8 Å². The number of piperazine rings is 1. The van der Waals surface area contributed by atoms with E-state index in [0.29, 0.717) is 43.4 Å². The molecule has 9 nitrogen and oxygen atoms in total. The summed E-state index contributed by atoms with van der Waals surface area (Å²) in [6.45, 7) is 4.21. The van der Waals surface area contributed by atoms with Gasteiger partial charge in [0.15, 0.2) is 11.5 Å². The third kappa shape index (κ3) is 4.92. The molecular weight excluding hydrogens is 446 g/mol. The van der Waals surface area contributed by atoms with Crippen LogP contribution in [0.2, 0.25) is 0 Å². The van der Waals surface area contributed by atoms with E-state index >= 15 is 0 Å². The molecule has 2 heterocycles. The number of benzene rings is 2. The van der Waals surface area contributed by atoms with Crippen molar-refractivity contribution in [2.24, 2.45) is 0 Å². The number of anilines is 1. The van der Waals surface area contributed by atoms with Crippen molar-refractivity contribution in [2.45, 2.75) is 4.90 Å². The third-order valence-corrected chi connectivity index (χ3v) is 7.90. The van der Waals surface area contributed by atoms with Crippen molar-refractivity contribution in [3.05, 3.63) is 48.0 Å². The molecule has 2 aromatic carbocycles. The minimum Gasteiger partial charge on any atom is -0.493 e. The lowest BCUT2D eigenvalue weighted by Crippen LogP contribution is -2.50. The van der Waals surface area contributed by atoms with Crippen LogP contribution in [0.25, 0.3) is 0 Å². The number of hydrogen-bond donors (Lipinski definition) is 0. The predicted octanol–water partition coefficient (Wildman–Crippen LogP) is 1.69. The Morgan fingerprint density at radius 1 is 0.848 bits per heavy atom. The second-order valence-corrected chi connectivity index (χ2v) is 9.80.